The van der Waals surface area contributed by atoms with Crippen molar-refractivity contribution in [1.29, 1.82) is 0 Å². The summed E-state index contributed by atoms with van der Waals surface area (Å²) in [5.74, 6) is -0.0640. The lowest BCUT2D eigenvalue weighted by Crippen LogP contribution is -2.39. The quantitative estimate of drug-likeness (QED) is 0.813. The molecule has 0 aliphatic carbocycles. The van der Waals surface area contributed by atoms with Crippen molar-refractivity contribution in [3.05, 3.63) is 29.8 Å². The number of aliphatic carboxylic acids is 1. The molecule has 21 heavy (non-hydrogen) atoms. The highest BCUT2D eigenvalue weighted by molar-refractivity contribution is 5.79. The van der Waals surface area contributed by atoms with Gasteiger partial charge in [-0.25, -0.2) is 0 Å². The van der Waals surface area contributed by atoms with Gasteiger partial charge < -0.3 is 14.7 Å². The molecule has 1 atom stereocenters. The van der Waals surface area contributed by atoms with E-state index in [1.54, 1.807) is 7.11 Å². The maximum Gasteiger partial charge on any atom is 0.307 e. The molecular weight excluding hydrogens is 268 g/mol. The standard InChI is InChI=1S/C16H22N2O3/c1-21-15-6-4-13(5-7-15)11-17-8-10-18-9-2-3-14(12-18)16(19)20/h4-7,11,14H,2-3,8-10,12H2,1H3,(H,19,20). The number of aliphatic imine (C=N–C) groups is 1. The second-order valence-corrected chi connectivity index (χ2v) is 5.29. The molecule has 1 saturated heterocycles. The third kappa shape index (κ3) is 4.86. The van der Waals surface area contributed by atoms with Crippen molar-refractivity contribution in [2.24, 2.45) is 10.9 Å². The number of ether oxygens (including phenoxy) is 1. The number of nitrogens with zero attached hydrogens (tertiary/aromatic N) is 2. The Balaban J connectivity index is 1.75. The van der Waals surface area contributed by atoms with Crippen LogP contribution in [0.25, 0.3) is 0 Å². The van der Waals surface area contributed by atoms with Crippen molar-refractivity contribution >= 4 is 12.2 Å². The van der Waals surface area contributed by atoms with Gasteiger partial charge in [0.05, 0.1) is 19.6 Å². The van der Waals surface area contributed by atoms with Crippen molar-refractivity contribution < 1.29 is 14.6 Å². The summed E-state index contributed by atoms with van der Waals surface area (Å²) < 4.78 is 5.10. The van der Waals surface area contributed by atoms with Crippen molar-refractivity contribution in [1.82, 2.24) is 4.90 Å². The van der Waals surface area contributed by atoms with Crippen LogP contribution in [-0.4, -0.2) is 55.5 Å². The first-order chi connectivity index (χ1) is 10.2. The Hall–Kier alpha value is -1.88. The molecular formula is C16H22N2O3. The van der Waals surface area contributed by atoms with Crippen LogP contribution in [0.2, 0.25) is 0 Å². The number of hydrogen-bond acceptors (Lipinski definition) is 4. The summed E-state index contributed by atoms with van der Waals surface area (Å²) in [5, 5.41) is 9.05. The van der Waals surface area contributed by atoms with Crippen LogP contribution in [0.4, 0.5) is 0 Å². The second-order valence-electron chi connectivity index (χ2n) is 5.29. The number of carboxylic acids is 1. The fourth-order valence-electron chi connectivity index (χ4n) is 2.52. The van der Waals surface area contributed by atoms with Crippen molar-refractivity contribution in [3.8, 4) is 5.75 Å². The number of piperidine rings is 1. The molecule has 5 nitrogen and oxygen atoms in total. The Morgan fingerprint density at radius 1 is 1.48 bits per heavy atom. The van der Waals surface area contributed by atoms with E-state index in [-0.39, 0.29) is 5.92 Å². The minimum absolute atomic E-state index is 0.218. The zero-order valence-electron chi connectivity index (χ0n) is 12.4. The van der Waals surface area contributed by atoms with E-state index in [0.29, 0.717) is 13.1 Å². The molecule has 114 valence electrons. The van der Waals surface area contributed by atoms with Crippen molar-refractivity contribution in [2.75, 3.05) is 33.3 Å². The third-order valence-corrected chi connectivity index (χ3v) is 3.76. The fourth-order valence-corrected chi connectivity index (χ4v) is 2.52. The highest BCUT2D eigenvalue weighted by Gasteiger charge is 2.24. The molecule has 1 aliphatic heterocycles. The highest BCUT2D eigenvalue weighted by atomic mass is 16.5. The van der Waals surface area contributed by atoms with Gasteiger partial charge in [0.2, 0.25) is 0 Å². The molecule has 0 spiro atoms. The maximum atomic E-state index is 11.0. The number of benzene rings is 1. The summed E-state index contributed by atoms with van der Waals surface area (Å²) in [6.07, 6.45) is 3.60. The van der Waals surface area contributed by atoms with Gasteiger partial charge in [-0.15, -0.1) is 0 Å². The lowest BCUT2D eigenvalue weighted by atomic mass is 9.98. The lowest BCUT2D eigenvalue weighted by molar-refractivity contribution is -0.143. The summed E-state index contributed by atoms with van der Waals surface area (Å²) in [4.78, 5) is 17.6. The zero-order chi connectivity index (χ0) is 15.1. The van der Waals surface area contributed by atoms with E-state index in [4.69, 9.17) is 9.84 Å². The zero-order valence-corrected chi connectivity index (χ0v) is 12.4. The van der Waals surface area contributed by atoms with Gasteiger partial charge in [-0.3, -0.25) is 9.79 Å². The monoisotopic (exact) mass is 290 g/mol. The summed E-state index contributed by atoms with van der Waals surface area (Å²) >= 11 is 0. The summed E-state index contributed by atoms with van der Waals surface area (Å²) in [5.41, 5.74) is 1.04. The van der Waals surface area contributed by atoms with E-state index in [0.717, 1.165) is 37.2 Å². The van der Waals surface area contributed by atoms with Gasteiger partial charge in [-0.1, -0.05) is 0 Å². The number of methoxy groups -OCH3 is 1. The Morgan fingerprint density at radius 2 is 2.24 bits per heavy atom. The normalized spacial score (nSPS) is 19.8. The van der Waals surface area contributed by atoms with E-state index in [9.17, 15) is 4.79 Å². The molecule has 1 aromatic carbocycles. The Kier molecular flexibility index (Phi) is 5.75. The molecule has 1 fully saturated rings. The van der Waals surface area contributed by atoms with Crippen molar-refractivity contribution in [3.63, 3.8) is 0 Å². The molecule has 1 heterocycles. The first-order valence-corrected chi connectivity index (χ1v) is 7.28. The van der Waals surface area contributed by atoms with E-state index in [1.807, 2.05) is 30.5 Å². The molecule has 0 amide bonds. The molecule has 5 heteroatoms. The SMILES string of the molecule is COc1ccc(C=NCCN2CCCC(C(=O)O)C2)cc1. The first-order valence-electron chi connectivity index (χ1n) is 7.28. The Morgan fingerprint density at radius 3 is 2.90 bits per heavy atom. The van der Waals surface area contributed by atoms with Crippen molar-refractivity contribution in [2.45, 2.75) is 12.8 Å². The molecule has 0 radical (unpaired) electrons. The summed E-state index contributed by atoms with van der Waals surface area (Å²) in [6, 6.07) is 7.74. The number of hydrogen-bond donors (Lipinski definition) is 1. The third-order valence-electron chi connectivity index (χ3n) is 3.76. The average molecular weight is 290 g/mol. The van der Waals surface area contributed by atoms with E-state index in [2.05, 4.69) is 9.89 Å². The maximum absolute atomic E-state index is 11.0. The van der Waals surface area contributed by atoms with Gasteiger partial charge in [-0.2, -0.15) is 0 Å². The minimum Gasteiger partial charge on any atom is -0.497 e. The van der Waals surface area contributed by atoms with E-state index in [1.165, 1.54) is 0 Å². The van der Waals surface area contributed by atoms with Gasteiger partial charge in [0.25, 0.3) is 0 Å². The molecule has 1 aliphatic rings. The Labute approximate surface area is 125 Å². The van der Waals surface area contributed by atoms with Crippen LogP contribution in [-0.2, 0) is 4.79 Å². The van der Waals surface area contributed by atoms with Crippen LogP contribution in [0.15, 0.2) is 29.3 Å². The van der Waals surface area contributed by atoms with Gasteiger partial charge >= 0.3 is 5.97 Å². The first kappa shape index (κ1) is 15.5. The molecule has 0 bridgehead atoms. The van der Waals surface area contributed by atoms with E-state index < -0.39 is 5.97 Å². The van der Waals surface area contributed by atoms with E-state index >= 15 is 0 Å². The second kappa shape index (κ2) is 7.78. The van der Waals surface area contributed by atoms with Gasteiger partial charge in [-0.05, 0) is 49.2 Å². The van der Waals surface area contributed by atoms with Gasteiger partial charge in [0.15, 0.2) is 0 Å². The molecule has 1 aromatic rings. The number of likely N-dealkylation sites (tertiary alicyclic amines) is 1. The lowest BCUT2D eigenvalue weighted by Gasteiger charge is -2.29. The molecule has 2 rings (SSSR count). The molecule has 0 aromatic heterocycles. The molecule has 0 saturated carbocycles. The number of carboxylic acid groups (broad SMARTS) is 1. The van der Waals surface area contributed by atoms with Gasteiger partial charge in [0.1, 0.15) is 5.75 Å². The van der Waals surface area contributed by atoms with Crippen LogP contribution in [0, 0.1) is 5.92 Å². The molecule has 1 unspecified atom stereocenters. The Bertz CT molecular complexity index is 485. The topological polar surface area (TPSA) is 62.1 Å². The summed E-state index contributed by atoms with van der Waals surface area (Å²) in [6.45, 7) is 3.13. The number of rotatable bonds is 6. The minimum atomic E-state index is -0.679. The number of carbonyl (C=O) groups is 1. The van der Waals surface area contributed by atoms with Crippen LogP contribution in [0.5, 0.6) is 5.75 Å². The van der Waals surface area contributed by atoms with Gasteiger partial charge in [0, 0.05) is 19.3 Å². The highest BCUT2D eigenvalue weighted by Crippen LogP contribution is 2.16. The largest absolute Gasteiger partial charge is 0.497 e. The molecule has 1 N–H and O–H groups in total. The fraction of sp³-hybridized carbons (Fsp3) is 0.500. The van der Waals surface area contributed by atoms with Crippen LogP contribution < -0.4 is 4.74 Å². The smallest absolute Gasteiger partial charge is 0.307 e. The average Bonchev–Trinajstić information content (AvgIpc) is 2.52. The van der Waals surface area contributed by atoms with Crippen LogP contribution in [0.1, 0.15) is 18.4 Å². The predicted molar refractivity (Wildman–Crippen MR) is 82.3 cm³/mol. The van der Waals surface area contributed by atoms with Crippen LogP contribution in [0.3, 0.4) is 0 Å². The summed E-state index contributed by atoms with van der Waals surface area (Å²) in [7, 11) is 1.64. The predicted octanol–water partition coefficient (Wildman–Crippen LogP) is 1.91. The van der Waals surface area contributed by atoms with Crippen LogP contribution >= 0.6 is 0 Å².